The molecule has 0 aliphatic rings. The summed E-state index contributed by atoms with van der Waals surface area (Å²) in [6.07, 6.45) is 0. The minimum absolute atomic E-state index is 0.714. The lowest BCUT2D eigenvalue weighted by Gasteiger charge is -2.24. The van der Waals surface area contributed by atoms with Crippen molar-refractivity contribution in [2.24, 2.45) is 0 Å². The summed E-state index contributed by atoms with van der Waals surface area (Å²) in [6.45, 7) is -2.68. The number of rotatable bonds is 5. The van der Waals surface area contributed by atoms with E-state index in [4.69, 9.17) is 20.9 Å². The van der Waals surface area contributed by atoms with Gasteiger partial charge in [-0.25, -0.2) is 0 Å². The summed E-state index contributed by atoms with van der Waals surface area (Å²) in [4.78, 5) is 0. The molecule has 0 aliphatic carbocycles. The van der Waals surface area contributed by atoms with E-state index in [0.29, 0.717) is 11.5 Å². The Morgan fingerprint density at radius 1 is 0.545 bits per heavy atom. The van der Waals surface area contributed by atoms with Crippen molar-refractivity contribution in [1.82, 2.24) is 0 Å². The largest absolute Gasteiger partial charge is 0.432 e. The Morgan fingerprint density at radius 2 is 0.909 bits per heavy atom. The molecule has 3 aromatic carbocycles. The molecule has 3 aromatic rings. The zero-order valence-corrected chi connectivity index (χ0v) is 13.5. The Bertz CT molecular complexity index is 715. The van der Waals surface area contributed by atoms with Crippen LogP contribution in [0.3, 0.4) is 0 Å². The third-order valence-electron chi connectivity index (χ3n) is 3.01. The normalized spacial score (nSPS) is 10.9. The average Bonchev–Trinajstić information content (AvgIpc) is 2.57. The van der Waals surface area contributed by atoms with Gasteiger partial charge < -0.3 is 9.05 Å². The molecule has 22 heavy (non-hydrogen) atoms. The molecule has 0 spiro atoms. The molecule has 0 unspecified atom stereocenters. The van der Waals surface area contributed by atoms with Gasteiger partial charge in [0.1, 0.15) is 11.5 Å². The molecule has 0 radical (unpaired) electrons. The molecular formula is C18H15O2PS. The molecule has 0 aromatic heterocycles. The topological polar surface area (TPSA) is 18.5 Å². The van der Waals surface area contributed by atoms with Gasteiger partial charge in [-0.1, -0.05) is 54.6 Å². The standard InChI is InChI=1S/C18H15O2PS/c22-21(18-14-8-3-9-15-18,19-16-10-4-1-5-11-16)20-17-12-6-2-7-13-17/h1-15H. The van der Waals surface area contributed by atoms with E-state index < -0.39 is 6.49 Å². The third-order valence-corrected chi connectivity index (χ3v) is 5.92. The van der Waals surface area contributed by atoms with Crippen molar-refractivity contribution in [2.75, 3.05) is 0 Å². The van der Waals surface area contributed by atoms with E-state index in [-0.39, 0.29) is 0 Å². The predicted octanol–water partition coefficient (Wildman–Crippen LogP) is 4.78. The predicted molar refractivity (Wildman–Crippen MR) is 94.5 cm³/mol. The van der Waals surface area contributed by atoms with E-state index in [1.807, 2.05) is 91.0 Å². The van der Waals surface area contributed by atoms with Gasteiger partial charge in [-0.2, -0.15) is 0 Å². The van der Waals surface area contributed by atoms with Crippen LogP contribution in [0.2, 0.25) is 0 Å². The van der Waals surface area contributed by atoms with Crippen molar-refractivity contribution in [2.45, 2.75) is 0 Å². The van der Waals surface area contributed by atoms with E-state index in [2.05, 4.69) is 0 Å². The smallest absolute Gasteiger partial charge is 0.319 e. The molecule has 110 valence electrons. The van der Waals surface area contributed by atoms with Crippen LogP contribution in [-0.4, -0.2) is 0 Å². The van der Waals surface area contributed by atoms with Gasteiger partial charge in [-0.05, 0) is 48.2 Å². The number of hydrogen-bond acceptors (Lipinski definition) is 3. The summed E-state index contributed by atoms with van der Waals surface area (Å²) in [6, 6.07) is 28.9. The minimum Gasteiger partial charge on any atom is -0.432 e. The fraction of sp³-hybridized carbons (Fsp3) is 0. The second-order valence-corrected chi connectivity index (χ2v) is 7.96. The van der Waals surface area contributed by atoms with E-state index in [1.165, 1.54) is 0 Å². The van der Waals surface area contributed by atoms with Crippen LogP contribution in [0, 0.1) is 0 Å². The van der Waals surface area contributed by atoms with Gasteiger partial charge in [-0.3, -0.25) is 0 Å². The van der Waals surface area contributed by atoms with Crippen molar-refractivity contribution < 1.29 is 9.05 Å². The molecule has 0 aliphatic heterocycles. The zero-order valence-electron chi connectivity index (χ0n) is 11.8. The minimum atomic E-state index is -2.68. The molecule has 0 heterocycles. The Kier molecular flexibility index (Phi) is 4.57. The first-order valence-corrected chi connectivity index (χ1v) is 9.55. The monoisotopic (exact) mass is 326 g/mol. The Morgan fingerprint density at radius 3 is 1.32 bits per heavy atom. The van der Waals surface area contributed by atoms with Crippen LogP contribution in [0.25, 0.3) is 0 Å². The Balaban J connectivity index is 1.97. The molecule has 3 rings (SSSR count). The van der Waals surface area contributed by atoms with Crippen LogP contribution in [-0.2, 0) is 11.8 Å². The summed E-state index contributed by atoms with van der Waals surface area (Å²) >= 11 is 5.80. The number of para-hydroxylation sites is 2. The number of benzene rings is 3. The Labute approximate surface area is 135 Å². The summed E-state index contributed by atoms with van der Waals surface area (Å²) in [7, 11) is 0. The quantitative estimate of drug-likeness (QED) is 0.629. The summed E-state index contributed by atoms with van der Waals surface area (Å²) < 4.78 is 12.2. The molecule has 0 N–H and O–H groups in total. The van der Waals surface area contributed by atoms with Crippen LogP contribution >= 0.6 is 6.49 Å². The van der Waals surface area contributed by atoms with E-state index in [1.54, 1.807) is 0 Å². The van der Waals surface area contributed by atoms with Crippen molar-refractivity contribution in [3.63, 3.8) is 0 Å². The lowest BCUT2D eigenvalue weighted by Crippen LogP contribution is -2.14. The second-order valence-electron chi connectivity index (χ2n) is 4.64. The van der Waals surface area contributed by atoms with Crippen molar-refractivity contribution in [3.8, 4) is 11.5 Å². The fourth-order valence-corrected chi connectivity index (χ4v) is 4.44. The first-order valence-electron chi connectivity index (χ1n) is 6.91. The van der Waals surface area contributed by atoms with Gasteiger partial charge >= 0.3 is 6.49 Å². The first-order chi connectivity index (χ1) is 10.8. The fourth-order valence-electron chi connectivity index (χ4n) is 1.97. The summed E-state index contributed by atoms with van der Waals surface area (Å²) in [5, 5.41) is 0.887. The zero-order chi connectivity index (χ0) is 15.3. The third kappa shape index (κ3) is 3.56. The first kappa shape index (κ1) is 14.8. The van der Waals surface area contributed by atoms with Crippen LogP contribution < -0.4 is 14.4 Å². The van der Waals surface area contributed by atoms with Crippen molar-refractivity contribution >= 4 is 23.6 Å². The SMILES string of the molecule is S=P(Oc1ccccc1)(Oc1ccccc1)c1ccccc1. The van der Waals surface area contributed by atoms with E-state index >= 15 is 0 Å². The lowest BCUT2D eigenvalue weighted by atomic mass is 10.3. The number of hydrogen-bond donors (Lipinski definition) is 0. The molecular weight excluding hydrogens is 311 g/mol. The molecule has 0 bridgehead atoms. The van der Waals surface area contributed by atoms with Crippen LogP contribution in [0.5, 0.6) is 11.5 Å². The Hall–Kier alpha value is -2.09. The van der Waals surface area contributed by atoms with Gasteiger partial charge in [0.05, 0.1) is 5.30 Å². The highest BCUT2D eigenvalue weighted by Crippen LogP contribution is 2.47. The highest BCUT2D eigenvalue weighted by Gasteiger charge is 2.25. The van der Waals surface area contributed by atoms with Gasteiger partial charge in [0.25, 0.3) is 0 Å². The lowest BCUT2D eigenvalue weighted by molar-refractivity contribution is 0.498. The highest BCUT2D eigenvalue weighted by atomic mass is 32.5. The molecule has 0 atom stereocenters. The van der Waals surface area contributed by atoms with Gasteiger partial charge in [-0.15, -0.1) is 0 Å². The maximum atomic E-state index is 6.10. The average molecular weight is 326 g/mol. The van der Waals surface area contributed by atoms with Gasteiger partial charge in [0.15, 0.2) is 0 Å². The maximum Gasteiger partial charge on any atom is 0.319 e. The maximum absolute atomic E-state index is 6.10. The van der Waals surface area contributed by atoms with Crippen LogP contribution in [0.4, 0.5) is 0 Å². The van der Waals surface area contributed by atoms with Crippen LogP contribution in [0.15, 0.2) is 91.0 Å². The molecule has 0 amide bonds. The molecule has 0 saturated carbocycles. The molecule has 2 nitrogen and oxygen atoms in total. The molecule has 4 heteroatoms. The van der Waals surface area contributed by atoms with Gasteiger partial charge in [0, 0.05) is 0 Å². The second kappa shape index (κ2) is 6.78. The van der Waals surface area contributed by atoms with E-state index in [0.717, 1.165) is 5.30 Å². The van der Waals surface area contributed by atoms with Crippen LogP contribution in [0.1, 0.15) is 0 Å². The van der Waals surface area contributed by atoms with Crippen molar-refractivity contribution in [3.05, 3.63) is 91.0 Å². The highest BCUT2D eigenvalue weighted by molar-refractivity contribution is 8.13. The molecule has 0 saturated heterocycles. The summed E-state index contributed by atoms with van der Waals surface area (Å²) in [5.74, 6) is 1.43. The van der Waals surface area contributed by atoms with Gasteiger partial charge in [0.2, 0.25) is 0 Å². The molecule has 0 fully saturated rings. The van der Waals surface area contributed by atoms with Crippen molar-refractivity contribution in [1.29, 1.82) is 0 Å². The van der Waals surface area contributed by atoms with E-state index in [9.17, 15) is 0 Å². The summed E-state index contributed by atoms with van der Waals surface area (Å²) in [5.41, 5.74) is 0.